The van der Waals surface area contributed by atoms with Crippen LogP contribution in [0.15, 0.2) is 42.9 Å². The van der Waals surface area contributed by atoms with Crippen LogP contribution in [0, 0.1) is 0 Å². The minimum atomic E-state index is 0.0464. The van der Waals surface area contributed by atoms with E-state index in [9.17, 15) is 4.79 Å². The fourth-order valence-electron chi connectivity index (χ4n) is 3.22. The molecule has 27 heavy (non-hydrogen) atoms. The zero-order valence-corrected chi connectivity index (χ0v) is 16.2. The average Bonchev–Trinajstić information content (AvgIpc) is 2.73. The first-order valence-electron chi connectivity index (χ1n) is 9.70. The number of likely N-dealkylation sites (tertiary alicyclic amines) is 1. The first-order valence-corrected chi connectivity index (χ1v) is 9.70. The Morgan fingerprint density at radius 1 is 1.26 bits per heavy atom. The van der Waals surface area contributed by atoms with E-state index in [2.05, 4.69) is 21.8 Å². The van der Waals surface area contributed by atoms with Crippen LogP contribution in [0.5, 0.6) is 5.75 Å². The molecule has 1 amide bonds. The Balaban J connectivity index is 1.51. The van der Waals surface area contributed by atoms with Crippen LogP contribution in [0.2, 0.25) is 0 Å². The lowest BCUT2D eigenvalue weighted by atomic mass is 10.1. The first kappa shape index (κ1) is 19.1. The maximum Gasteiger partial charge on any atom is 0.255 e. The number of carbonyl (C=O) groups is 1. The smallest absolute Gasteiger partial charge is 0.255 e. The van der Waals surface area contributed by atoms with E-state index >= 15 is 0 Å². The highest BCUT2D eigenvalue weighted by atomic mass is 16.5. The molecule has 3 heterocycles. The number of hydrogen-bond acceptors (Lipinski definition) is 5. The molecule has 144 valence electrons. The monoisotopic (exact) mass is 368 g/mol. The molecule has 0 aromatic carbocycles. The van der Waals surface area contributed by atoms with Gasteiger partial charge in [0.2, 0.25) is 0 Å². The lowest BCUT2D eigenvalue weighted by molar-refractivity contribution is 0.0594. The van der Waals surface area contributed by atoms with Crippen molar-refractivity contribution in [3.05, 3.63) is 48.4 Å². The van der Waals surface area contributed by atoms with E-state index in [1.807, 2.05) is 36.2 Å². The Labute approximate surface area is 161 Å². The number of nitrogens with zero attached hydrogens (tertiary/aromatic N) is 4. The minimum Gasteiger partial charge on any atom is -0.489 e. The lowest BCUT2D eigenvalue weighted by Gasteiger charge is -2.32. The summed E-state index contributed by atoms with van der Waals surface area (Å²) in [6.07, 6.45) is 9.22. The number of aromatic nitrogens is 2. The number of anilines is 1. The van der Waals surface area contributed by atoms with Crippen LogP contribution in [0.25, 0.3) is 0 Å². The second kappa shape index (κ2) is 9.35. The summed E-state index contributed by atoms with van der Waals surface area (Å²) in [7, 11) is 2.03. The predicted octanol–water partition coefficient (Wildman–Crippen LogP) is 3.40. The van der Waals surface area contributed by atoms with E-state index in [0.29, 0.717) is 18.7 Å². The van der Waals surface area contributed by atoms with Gasteiger partial charge in [-0.1, -0.05) is 13.3 Å². The molecule has 1 fully saturated rings. The highest BCUT2D eigenvalue weighted by Crippen LogP contribution is 2.20. The highest BCUT2D eigenvalue weighted by Gasteiger charge is 2.25. The molecule has 1 saturated heterocycles. The fraction of sp³-hybridized carbons (Fsp3) is 0.476. The molecular weight excluding hydrogens is 340 g/mol. The number of hydrogen-bond donors (Lipinski definition) is 0. The van der Waals surface area contributed by atoms with Gasteiger partial charge in [-0.2, -0.15) is 0 Å². The maximum absolute atomic E-state index is 12.7. The molecule has 0 spiro atoms. The third-order valence-electron chi connectivity index (χ3n) is 4.90. The standard InChI is InChI=1S/C21H28N4O2/c1-3-4-12-24(2)20-8-7-17(15-23-20)21(26)25-13-9-18(10-14-25)27-19-6-5-11-22-16-19/h5-8,11,15-16,18H,3-4,9-10,12-14H2,1-2H3. The number of pyridine rings is 2. The lowest BCUT2D eigenvalue weighted by Crippen LogP contribution is -2.41. The molecule has 0 radical (unpaired) electrons. The quantitative estimate of drug-likeness (QED) is 0.750. The minimum absolute atomic E-state index is 0.0464. The normalized spacial score (nSPS) is 14.8. The fourth-order valence-corrected chi connectivity index (χ4v) is 3.22. The van der Waals surface area contributed by atoms with E-state index in [0.717, 1.165) is 43.8 Å². The summed E-state index contributed by atoms with van der Waals surface area (Å²) in [5, 5.41) is 0. The SMILES string of the molecule is CCCCN(C)c1ccc(C(=O)N2CCC(Oc3cccnc3)CC2)cn1. The van der Waals surface area contributed by atoms with Gasteiger partial charge in [-0.25, -0.2) is 4.98 Å². The Kier molecular flexibility index (Phi) is 6.63. The van der Waals surface area contributed by atoms with Gasteiger partial charge in [0.05, 0.1) is 11.8 Å². The molecule has 2 aromatic heterocycles. The van der Waals surface area contributed by atoms with Crippen molar-refractivity contribution in [1.29, 1.82) is 0 Å². The average molecular weight is 368 g/mol. The van der Waals surface area contributed by atoms with E-state index in [-0.39, 0.29) is 12.0 Å². The van der Waals surface area contributed by atoms with Gasteiger partial charge in [0.15, 0.2) is 0 Å². The van der Waals surface area contributed by atoms with Crippen LogP contribution in [0.3, 0.4) is 0 Å². The Bertz CT molecular complexity index is 713. The van der Waals surface area contributed by atoms with E-state index in [1.165, 1.54) is 0 Å². The maximum atomic E-state index is 12.7. The van der Waals surface area contributed by atoms with Gasteiger partial charge in [-0.15, -0.1) is 0 Å². The second-order valence-corrected chi connectivity index (χ2v) is 6.98. The summed E-state index contributed by atoms with van der Waals surface area (Å²) < 4.78 is 5.94. The molecule has 6 heteroatoms. The number of ether oxygens (including phenoxy) is 1. The van der Waals surface area contributed by atoms with Crippen LogP contribution in [-0.2, 0) is 0 Å². The van der Waals surface area contributed by atoms with Gasteiger partial charge in [0, 0.05) is 51.9 Å². The summed E-state index contributed by atoms with van der Waals surface area (Å²) in [4.78, 5) is 25.3. The predicted molar refractivity (Wildman–Crippen MR) is 106 cm³/mol. The van der Waals surface area contributed by atoms with Gasteiger partial charge in [-0.05, 0) is 30.7 Å². The zero-order valence-electron chi connectivity index (χ0n) is 16.2. The molecule has 0 bridgehead atoms. The third kappa shape index (κ3) is 5.18. The van der Waals surface area contributed by atoms with Crippen LogP contribution in [0.4, 0.5) is 5.82 Å². The van der Waals surface area contributed by atoms with Crippen molar-refractivity contribution >= 4 is 11.7 Å². The third-order valence-corrected chi connectivity index (χ3v) is 4.90. The van der Waals surface area contributed by atoms with E-state index in [4.69, 9.17) is 4.74 Å². The summed E-state index contributed by atoms with van der Waals surface area (Å²) in [6.45, 7) is 4.54. The topological polar surface area (TPSA) is 58.6 Å². The molecule has 2 aromatic rings. The molecule has 0 aliphatic carbocycles. The Morgan fingerprint density at radius 3 is 2.70 bits per heavy atom. The van der Waals surface area contributed by atoms with Crippen molar-refractivity contribution in [3.8, 4) is 5.75 Å². The molecule has 0 saturated carbocycles. The summed E-state index contributed by atoms with van der Waals surface area (Å²) in [6, 6.07) is 7.59. The van der Waals surface area contributed by atoms with Crippen molar-refractivity contribution in [2.24, 2.45) is 0 Å². The van der Waals surface area contributed by atoms with Gasteiger partial charge in [-0.3, -0.25) is 9.78 Å². The van der Waals surface area contributed by atoms with Gasteiger partial charge >= 0.3 is 0 Å². The first-order chi connectivity index (χ1) is 13.2. The van der Waals surface area contributed by atoms with Crippen LogP contribution in [0.1, 0.15) is 43.0 Å². The number of rotatable bonds is 7. The van der Waals surface area contributed by atoms with Gasteiger partial charge < -0.3 is 14.5 Å². The zero-order chi connectivity index (χ0) is 19.1. The largest absolute Gasteiger partial charge is 0.489 e. The summed E-state index contributed by atoms with van der Waals surface area (Å²) in [5.41, 5.74) is 0.647. The Hall–Kier alpha value is -2.63. The number of amides is 1. The molecule has 6 nitrogen and oxygen atoms in total. The van der Waals surface area contributed by atoms with Crippen molar-refractivity contribution in [1.82, 2.24) is 14.9 Å². The molecule has 3 rings (SSSR count). The van der Waals surface area contributed by atoms with Crippen LogP contribution >= 0.6 is 0 Å². The number of unbranched alkanes of at least 4 members (excludes halogenated alkanes) is 1. The highest BCUT2D eigenvalue weighted by molar-refractivity contribution is 5.94. The Morgan fingerprint density at radius 2 is 2.07 bits per heavy atom. The summed E-state index contributed by atoms with van der Waals surface area (Å²) >= 11 is 0. The van der Waals surface area contributed by atoms with Crippen molar-refractivity contribution < 1.29 is 9.53 Å². The number of piperidine rings is 1. The van der Waals surface area contributed by atoms with E-state index in [1.54, 1.807) is 18.6 Å². The molecule has 1 aliphatic rings. The summed E-state index contributed by atoms with van der Waals surface area (Å²) in [5.74, 6) is 1.74. The number of carbonyl (C=O) groups excluding carboxylic acids is 1. The van der Waals surface area contributed by atoms with Crippen LogP contribution < -0.4 is 9.64 Å². The van der Waals surface area contributed by atoms with Gasteiger partial charge in [0.1, 0.15) is 17.7 Å². The van der Waals surface area contributed by atoms with Crippen molar-refractivity contribution in [2.45, 2.75) is 38.7 Å². The molecule has 1 aliphatic heterocycles. The second-order valence-electron chi connectivity index (χ2n) is 6.98. The molecule has 0 N–H and O–H groups in total. The van der Waals surface area contributed by atoms with Crippen molar-refractivity contribution in [3.63, 3.8) is 0 Å². The molecule has 0 unspecified atom stereocenters. The van der Waals surface area contributed by atoms with Gasteiger partial charge in [0.25, 0.3) is 5.91 Å². The molecule has 0 atom stereocenters. The van der Waals surface area contributed by atoms with Crippen molar-refractivity contribution in [2.75, 3.05) is 31.6 Å². The van der Waals surface area contributed by atoms with Crippen LogP contribution in [-0.4, -0.2) is 53.6 Å². The molecular formula is C21H28N4O2. The van der Waals surface area contributed by atoms with E-state index < -0.39 is 0 Å².